The predicted octanol–water partition coefficient (Wildman–Crippen LogP) is -2.60. The molecule has 0 radical (unpaired) electrons. The Morgan fingerprint density at radius 1 is 0.871 bits per heavy atom. The lowest BCUT2D eigenvalue weighted by Gasteiger charge is -2.26. The second-order valence-electron chi connectivity index (χ2n) is 7.88. The molecule has 0 heterocycles. The van der Waals surface area contributed by atoms with E-state index in [4.69, 9.17) is 21.7 Å². The Hall–Kier alpha value is -2.28. The van der Waals surface area contributed by atoms with Crippen molar-refractivity contribution in [2.75, 3.05) is 13.2 Å². The zero-order chi connectivity index (χ0) is 24.1. The van der Waals surface area contributed by atoms with Crippen molar-refractivity contribution < 1.29 is 34.5 Å². The molecule has 0 spiro atoms. The van der Waals surface area contributed by atoms with Gasteiger partial charge in [0.1, 0.15) is 24.2 Å². The van der Waals surface area contributed by atoms with Gasteiger partial charge in [-0.1, -0.05) is 13.8 Å². The van der Waals surface area contributed by atoms with Crippen molar-refractivity contribution in [1.29, 1.82) is 0 Å². The van der Waals surface area contributed by atoms with Crippen LogP contribution < -0.4 is 27.4 Å². The normalized spacial score (nSPS) is 16.0. The van der Waals surface area contributed by atoms with Crippen LogP contribution >= 0.6 is 0 Å². The molecule has 5 unspecified atom stereocenters. The summed E-state index contributed by atoms with van der Waals surface area (Å²) in [7, 11) is 0. The van der Waals surface area contributed by atoms with E-state index in [9.17, 15) is 24.3 Å². The van der Waals surface area contributed by atoms with Gasteiger partial charge in [-0.05, 0) is 45.1 Å². The highest BCUT2D eigenvalue weighted by Gasteiger charge is 2.31. The monoisotopic (exact) mass is 447 g/mol. The van der Waals surface area contributed by atoms with Crippen LogP contribution in [0, 0.1) is 5.92 Å². The van der Waals surface area contributed by atoms with E-state index in [0.717, 1.165) is 0 Å². The first-order valence-electron chi connectivity index (χ1n) is 10.3. The van der Waals surface area contributed by atoms with Gasteiger partial charge in [0, 0.05) is 0 Å². The maximum absolute atomic E-state index is 12.8. The Morgan fingerprint density at radius 3 is 1.84 bits per heavy atom. The Bertz CT molecular complexity index is 600. The van der Waals surface area contributed by atoms with Crippen molar-refractivity contribution in [2.24, 2.45) is 17.4 Å². The average Bonchev–Trinajstić information content (AvgIpc) is 2.68. The molecule has 0 aromatic rings. The summed E-state index contributed by atoms with van der Waals surface area (Å²) in [6, 6.07) is -4.86. The van der Waals surface area contributed by atoms with E-state index in [1.807, 2.05) is 13.8 Å². The summed E-state index contributed by atoms with van der Waals surface area (Å²) in [6.45, 7) is 4.56. The number of aliphatic hydroxyl groups is 2. The van der Waals surface area contributed by atoms with Gasteiger partial charge in [-0.2, -0.15) is 0 Å². The molecule has 0 bridgehead atoms. The third-order valence-electron chi connectivity index (χ3n) is 4.54. The number of unbranched alkanes of at least 4 members (excludes halogenated alkanes) is 1. The zero-order valence-corrected chi connectivity index (χ0v) is 18.3. The SMILES string of the molecule is CC(C)CC(NC(=O)C(CCCCN)NC(=O)C(N)C(C)O)C(=O)NC(CO)C(=O)O. The van der Waals surface area contributed by atoms with Crippen molar-refractivity contribution in [3.05, 3.63) is 0 Å². The van der Waals surface area contributed by atoms with Crippen LogP contribution in [0.3, 0.4) is 0 Å². The van der Waals surface area contributed by atoms with Gasteiger partial charge in [0.25, 0.3) is 0 Å². The van der Waals surface area contributed by atoms with Crippen LogP contribution in [0.25, 0.3) is 0 Å². The van der Waals surface area contributed by atoms with Gasteiger partial charge in [0.05, 0.1) is 12.7 Å². The summed E-state index contributed by atoms with van der Waals surface area (Å²) in [5.74, 6) is -3.58. The Labute approximate surface area is 182 Å². The molecule has 0 aliphatic heterocycles. The van der Waals surface area contributed by atoms with E-state index in [-0.39, 0.29) is 18.8 Å². The van der Waals surface area contributed by atoms with Crippen molar-refractivity contribution >= 4 is 23.7 Å². The molecular formula is C19H37N5O7. The van der Waals surface area contributed by atoms with Crippen molar-refractivity contribution in [1.82, 2.24) is 16.0 Å². The maximum Gasteiger partial charge on any atom is 0.328 e. The highest BCUT2D eigenvalue weighted by atomic mass is 16.4. The lowest BCUT2D eigenvalue weighted by Crippen LogP contribution is -2.58. The fraction of sp³-hybridized carbons (Fsp3) is 0.789. The van der Waals surface area contributed by atoms with Crippen LogP contribution in [-0.4, -0.2) is 82.4 Å². The highest BCUT2D eigenvalue weighted by Crippen LogP contribution is 2.08. The number of carbonyl (C=O) groups excluding carboxylic acids is 3. The minimum absolute atomic E-state index is 0.0256. The van der Waals surface area contributed by atoms with Gasteiger partial charge in [-0.25, -0.2) is 4.79 Å². The quantitative estimate of drug-likeness (QED) is 0.123. The van der Waals surface area contributed by atoms with Crippen LogP contribution in [0.5, 0.6) is 0 Å². The topological polar surface area (TPSA) is 217 Å². The Kier molecular flexibility index (Phi) is 13.6. The van der Waals surface area contributed by atoms with E-state index < -0.39 is 60.6 Å². The summed E-state index contributed by atoms with van der Waals surface area (Å²) < 4.78 is 0. The molecule has 0 fully saturated rings. The first-order chi connectivity index (χ1) is 14.4. The molecule has 3 amide bonds. The molecule has 31 heavy (non-hydrogen) atoms. The van der Waals surface area contributed by atoms with E-state index in [2.05, 4.69) is 16.0 Å². The third-order valence-corrected chi connectivity index (χ3v) is 4.54. The summed E-state index contributed by atoms with van der Waals surface area (Å²) in [4.78, 5) is 48.7. The lowest BCUT2D eigenvalue weighted by molar-refractivity contribution is -0.143. The fourth-order valence-electron chi connectivity index (χ4n) is 2.68. The van der Waals surface area contributed by atoms with E-state index in [0.29, 0.717) is 19.4 Å². The molecule has 0 aromatic carbocycles. The van der Waals surface area contributed by atoms with Crippen molar-refractivity contribution in [3.8, 4) is 0 Å². The number of hydrogen-bond acceptors (Lipinski definition) is 8. The van der Waals surface area contributed by atoms with Gasteiger partial charge >= 0.3 is 5.97 Å². The number of nitrogens with one attached hydrogen (secondary N) is 3. The number of aliphatic carboxylic acids is 1. The minimum Gasteiger partial charge on any atom is -0.480 e. The average molecular weight is 448 g/mol. The van der Waals surface area contributed by atoms with Gasteiger partial charge in [0.15, 0.2) is 0 Å². The molecule has 5 atom stereocenters. The van der Waals surface area contributed by atoms with Crippen LogP contribution in [0.1, 0.15) is 46.5 Å². The van der Waals surface area contributed by atoms with Crippen molar-refractivity contribution in [2.45, 2.75) is 76.7 Å². The van der Waals surface area contributed by atoms with Crippen LogP contribution in [0.2, 0.25) is 0 Å². The van der Waals surface area contributed by atoms with Crippen LogP contribution in [-0.2, 0) is 19.2 Å². The summed E-state index contributed by atoms with van der Waals surface area (Å²) in [5.41, 5.74) is 11.1. The first-order valence-corrected chi connectivity index (χ1v) is 10.3. The zero-order valence-electron chi connectivity index (χ0n) is 18.3. The molecule has 12 heteroatoms. The second-order valence-corrected chi connectivity index (χ2v) is 7.88. The molecular weight excluding hydrogens is 410 g/mol. The molecule has 0 saturated carbocycles. The van der Waals surface area contributed by atoms with E-state index >= 15 is 0 Å². The molecule has 0 saturated heterocycles. The van der Waals surface area contributed by atoms with Crippen molar-refractivity contribution in [3.63, 3.8) is 0 Å². The van der Waals surface area contributed by atoms with Crippen LogP contribution in [0.15, 0.2) is 0 Å². The number of carbonyl (C=O) groups is 4. The van der Waals surface area contributed by atoms with Gasteiger partial charge in [0.2, 0.25) is 17.7 Å². The number of aliphatic hydroxyl groups excluding tert-OH is 2. The van der Waals surface area contributed by atoms with Gasteiger partial charge in [-0.3, -0.25) is 14.4 Å². The maximum atomic E-state index is 12.8. The molecule has 10 N–H and O–H groups in total. The lowest BCUT2D eigenvalue weighted by atomic mass is 10.0. The van der Waals surface area contributed by atoms with Gasteiger partial charge in [-0.15, -0.1) is 0 Å². The number of rotatable bonds is 15. The van der Waals surface area contributed by atoms with Gasteiger partial charge < -0.3 is 42.7 Å². The summed E-state index contributed by atoms with van der Waals surface area (Å²) in [5, 5.41) is 34.9. The molecule has 0 aliphatic carbocycles. The van der Waals surface area contributed by atoms with E-state index in [1.54, 1.807) is 0 Å². The number of hydrogen-bond donors (Lipinski definition) is 8. The fourth-order valence-corrected chi connectivity index (χ4v) is 2.68. The summed E-state index contributed by atoms with van der Waals surface area (Å²) >= 11 is 0. The highest BCUT2D eigenvalue weighted by molar-refractivity contribution is 5.94. The molecule has 0 aliphatic rings. The number of nitrogens with two attached hydrogens (primary N) is 2. The predicted molar refractivity (Wildman–Crippen MR) is 113 cm³/mol. The standard InChI is InChI=1S/C19H37N5O7/c1-10(2)8-13(17(28)24-14(9-25)19(30)31)23-16(27)12(6-4-5-7-20)22-18(29)15(21)11(3)26/h10-15,25-26H,4-9,20-21H2,1-3H3,(H,22,29)(H,23,27)(H,24,28)(H,30,31). The molecule has 180 valence electrons. The number of carboxylic acid groups (broad SMARTS) is 1. The number of carboxylic acids is 1. The second kappa shape index (κ2) is 14.7. The van der Waals surface area contributed by atoms with Crippen LogP contribution in [0.4, 0.5) is 0 Å². The summed E-state index contributed by atoms with van der Waals surface area (Å²) in [6.07, 6.45) is 0.427. The molecule has 12 nitrogen and oxygen atoms in total. The third kappa shape index (κ3) is 11.1. The molecule has 0 rings (SSSR count). The Morgan fingerprint density at radius 2 is 1.39 bits per heavy atom. The Balaban J connectivity index is 5.41. The smallest absolute Gasteiger partial charge is 0.328 e. The minimum atomic E-state index is -1.51. The number of amides is 3. The largest absolute Gasteiger partial charge is 0.480 e. The van der Waals surface area contributed by atoms with E-state index in [1.165, 1.54) is 6.92 Å². The first kappa shape index (κ1) is 28.7. The molecule has 0 aromatic heterocycles.